The fourth-order valence-corrected chi connectivity index (χ4v) is 2.85. The number of hydrogen-bond donors (Lipinski definition) is 0. The van der Waals surface area contributed by atoms with Crippen LogP contribution in [0.2, 0.25) is 0 Å². The number of halogens is 12. The van der Waals surface area contributed by atoms with E-state index in [4.69, 9.17) is 0 Å². The molecule has 0 amide bonds. The monoisotopic (exact) mass is 522 g/mol. The minimum atomic E-state index is -6.39. The van der Waals surface area contributed by atoms with Crippen molar-refractivity contribution in [3.05, 3.63) is 35.4 Å². The number of alkyl halides is 12. The van der Waals surface area contributed by atoms with Crippen LogP contribution in [0.1, 0.15) is 11.1 Å². The van der Waals surface area contributed by atoms with Crippen LogP contribution in [0.4, 0.5) is 52.7 Å². The minimum Gasteiger partial charge on any atom is -0.371 e. The molecule has 34 heavy (non-hydrogen) atoms. The van der Waals surface area contributed by atoms with Crippen LogP contribution in [0, 0.1) is 0 Å². The summed E-state index contributed by atoms with van der Waals surface area (Å²) in [5, 5.41) is 0. The smallest absolute Gasteiger partial charge is 0.371 e. The van der Waals surface area contributed by atoms with Gasteiger partial charge in [0.05, 0.1) is 26.4 Å². The summed E-state index contributed by atoms with van der Waals surface area (Å²) >= 11 is 0. The van der Waals surface area contributed by atoms with E-state index < -0.39 is 72.5 Å². The molecule has 0 aliphatic carbocycles. The number of epoxide rings is 2. The summed E-state index contributed by atoms with van der Waals surface area (Å²) < 4.78 is 183. The van der Waals surface area contributed by atoms with Gasteiger partial charge in [-0.1, -0.05) is 24.3 Å². The number of ether oxygens (including phenoxy) is 4. The molecule has 0 spiro atoms. The maximum atomic E-state index is 14.8. The van der Waals surface area contributed by atoms with Crippen molar-refractivity contribution < 1.29 is 71.6 Å². The Morgan fingerprint density at radius 3 is 1.06 bits per heavy atom. The molecule has 194 valence electrons. The van der Waals surface area contributed by atoms with Gasteiger partial charge >= 0.3 is 35.9 Å². The molecule has 4 unspecified atom stereocenters. The molecule has 1 aromatic carbocycles. The normalized spacial score (nSPS) is 24.9. The molecule has 3 rings (SSSR count). The van der Waals surface area contributed by atoms with Gasteiger partial charge in [0.2, 0.25) is 0 Å². The van der Waals surface area contributed by atoms with Crippen molar-refractivity contribution in [1.29, 1.82) is 0 Å². The van der Waals surface area contributed by atoms with Gasteiger partial charge in [0.25, 0.3) is 0 Å². The predicted molar refractivity (Wildman–Crippen MR) is 85.4 cm³/mol. The molecule has 0 aromatic heterocycles. The summed E-state index contributed by atoms with van der Waals surface area (Å²) in [4.78, 5) is 0. The molecule has 0 radical (unpaired) electrons. The average Bonchev–Trinajstić information content (AvgIpc) is 3.62. The topological polar surface area (TPSA) is 43.5 Å². The molecule has 2 fully saturated rings. The second kappa shape index (κ2) is 8.41. The number of benzene rings is 1. The van der Waals surface area contributed by atoms with E-state index in [0.717, 1.165) is 0 Å². The maximum Gasteiger partial charge on any atom is 0.435 e. The molecule has 4 nitrogen and oxygen atoms in total. The SMILES string of the molecule is FC(F)(F)C(F)(c1ccc(C(F)(C(F)(F)F)C(F)(F)OCC2CO2)cc1)C(F)(F)OCC1CO1. The van der Waals surface area contributed by atoms with E-state index in [1.165, 1.54) is 0 Å². The molecule has 4 atom stereocenters. The second-order valence-electron chi connectivity index (χ2n) is 7.46. The first-order valence-electron chi connectivity index (χ1n) is 9.26. The summed E-state index contributed by atoms with van der Waals surface area (Å²) in [6.07, 6.45) is -26.1. The van der Waals surface area contributed by atoms with Crippen molar-refractivity contribution in [3.63, 3.8) is 0 Å². The van der Waals surface area contributed by atoms with Crippen LogP contribution in [0.15, 0.2) is 24.3 Å². The van der Waals surface area contributed by atoms with Crippen molar-refractivity contribution in [2.45, 2.75) is 48.1 Å². The highest BCUT2D eigenvalue weighted by Crippen LogP contribution is 2.56. The zero-order valence-corrected chi connectivity index (χ0v) is 16.5. The lowest BCUT2D eigenvalue weighted by Crippen LogP contribution is -2.55. The first-order chi connectivity index (χ1) is 15.4. The van der Waals surface area contributed by atoms with Crippen molar-refractivity contribution in [1.82, 2.24) is 0 Å². The first kappa shape index (κ1) is 26.8. The van der Waals surface area contributed by atoms with Crippen LogP contribution in [-0.2, 0) is 30.3 Å². The molecular weight excluding hydrogens is 508 g/mol. The third kappa shape index (κ3) is 4.68. The van der Waals surface area contributed by atoms with Gasteiger partial charge in [0.15, 0.2) is 0 Å². The molecular formula is C18H14F12O4. The molecule has 1 aromatic rings. The Morgan fingerprint density at radius 2 is 0.853 bits per heavy atom. The summed E-state index contributed by atoms with van der Waals surface area (Å²) in [7, 11) is 0. The molecule has 0 bridgehead atoms. The highest BCUT2D eigenvalue weighted by atomic mass is 19.4. The molecule has 2 saturated heterocycles. The Labute approximate surface area is 182 Å². The van der Waals surface area contributed by atoms with E-state index in [-0.39, 0.29) is 37.5 Å². The van der Waals surface area contributed by atoms with Crippen molar-refractivity contribution in [2.24, 2.45) is 0 Å². The minimum absolute atomic E-state index is 0.144. The average molecular weight is 522 g/mol. The molecule has 2 aliphatic rings. The molecule has 2 heterocycles. The fourth-order valence-electron chi connectivity index (χ4n) is 2.85. The number of rotatable bonds is 10. The lowest BCUT2D eigenvalue weighted by atomic mass is 9.88. The van der Waals surface area contributed by atoms with E-state index in [2.05, 4.69) is 18.9 Å². The first-order valence-corrected chi connectivity index (χ1v) is 9.26. The summed E-state index contributed by atoms with van der Waals surface area (Å²) in [5.74, 6) is 0. The lowest BCUT2D eigenvalue weighted by Gasteiger charge is -2.36. The summed E-state index contributed by atoms with van der Waals surface area (Å²) in [5.41, 5.74) is -15.3. The van der Waals surface area contributed by atoms with E-state index in [1.807, 2.05) is 0 Å². The van der Waals surface area contributed by atoms with Crippen molar-refractivity contribution in [2.75, 3.05) is 26.4 Å². The summed E-state index contributed by atoms with van der Waals surface area (Å²) in [6.45, 7) is -2.59. The Morgan fingerprint density at radius 1 is 0.588 bits per heavy atom. The fraction of sp³-hybridized carbons (Fsp3) is 0.667. The van der Waals surface area contributed by atoms with E-state index in [0.29, 0.717) is 0 Å². The standard InChI is InChI=1S/C18H14F12O4/c19-13(15(21,22)23,17(27,28)33-7-11-5-31-11)9-1-2-10(4-3-9)14(20,16(24,25)26)18(29,30)34-8-12-6-32-12/h1-4,11-12H,5-8H2. The lowest BCUT2D eigenvalue weighted by molar-refractivity contribution is -0.391. The van der Waals surface area contributed by atoms with Gasteiger partial charge in [-0.25, -0.2) is 8.78 Å². The van der Waals surface area contributed by atoms with Crippen LogP contribution in [0.5, 0.6) is 0 Å². The van der Waals surface area contributed by atoms with Gasteiger partial charge in [-0.15, -0.1) is 0 Å². The Bertz CT molecular complexity index is 792. The molecule has 0 saturated carbocycles. The van der Waals surface area contributed by atoms with Gasteiger partial charge < -0.3 is 18.9 Å². The highest BCUT2D eigenvalue weighted by molar-refractivity contribution is 5.35. The maximum absolute atomic E-state index is 14.8. The zero-order chi connectivity index (χ0) is 25.8. The Balaban J connectivity index is 1.98. The molecule has 0 N–H and O–H groups in total. The predicted octanol–water partition coefficient (Wildman–Crippen LogP) is 5.16. The van der Waals surface area contributed by atoms with Crippen LogP contribution >= 0.6 is 0 Å². The van der Waals surface area contributed by atoms with Gasteiger partial charge in [0.1, 0.15) is 12.2 Å². The number of hydrogen-bond acceptors (Lipinski definition) is 4. The van der Waals surface area contributed by atoms with E-state index in [9.17, 15) is 52.7 Å². The van der Waals surface area contributed by atoms with Gasteiger partial charge in [-0.2, -0.15) is 43.9 Å². The van der Waals surface area contributed by atoms with Gasteiger partial charge in [-0.3, -0.25) is 0 Å². The van der Waals surface area contributed by atoms with Crippen LogP contribution in [0.3, 0.4) is 0 Å². The van der Waals surface area contributed by atoms with Crippen molar-refractivity contribution >= 4 is 0 Å². The van der Waals surface area contributed by atoms with Crippen molar-refractivity contribution in [3.8, 4) is 0 Å². The highest BCUT2D eigenvalue weighted by Gasteiger charge is 2.75. The Kier molecular flexibility index (Phi) is 6.63. The van der Waals surface area contributed by atoms with E-state index >= 15 is 0 Å². The largest absolute Gasteiger partial charge is 0.435 e. The van der Waals surface area contributed by atoms with E-state index in [1.54, 1.807) is 0 Å². The second-order valence-corrected chi connectivity index (χ2v) is 7.46. The molecule has 16 heteroatoms. The van der Waals surface area contributed by atoms with Gasteiger partial charge in [0, 0.05) is 11.1 Å². The summed E-state index contributed by atoms with van der Waals surface area (Å²) in [6, 6.07) is -1.30. The van der Waals surface area contributed by atoms with Crippen LogP contribution < -0.4 is 0 Å². The zero-order valence-electron chi connectivity index (χ0n) is 16.5. The van der Waals surface area contributed by atoms with Gasteiger partial charge in [-0.05, 0) is 0 Å². The molecule has 2 aliphatic heterocycles. The van der Waals surface area contributed by atoms with Crippen LogP contribution in [-0.4, -0.2) is 63.2 Å². The third-order valence-corrected chi connectivity index (χ3v) is 4.97. The third-order valence-electron chi connectivity index (χ3n) is 4.97. The quantitative estimate of drug-likeness (QED) is 0.315. The van der Waals surface area contributed by atoms with Crippen LogP contribution in [0.25, 0.3) is 0 Å². The Hall–Kier alpha value is -1.78.